The van der Waals surface area contributed by atoms with Gasteiger partial charge in [-0.05, 0) is 42.3 Å². The third-order valence-electron chi connectivity index (χ3n) is 4.30. The lowest BCUT2D eigenvalue weighted by Gasteiger charge is -2.09. The summed E-state index contributed by atoms with van der Waals surface area (Å²) in [7, 11) is 0. The van der Waals surface area contributed by atoms with Crippen LogP contribution in [0.2, 0.25) is 0 Å². The van der Waals surface area contributed by atoms with E-state index in [9.17, 15) is 14.4 Å². The topological polar surface area (TPSA) is 66.5 Å². The molecule has 5 heteroatoms. The summed E-state index contributed by atoms with van der Waals surface area (Å²) in [5.74, 6) is -1.08. The lowest BCUT2D eigenvalue weighted by Crippen LogP contribution is -2.29. The van der Waals surface area contributed by atoms with Crippen LogP contribution in [-0.4, -0.2) is 29.2 Å². The first-order chi connectivity index (χ1) is 12.5. The molecule has 0 saturated carbocycles. The zero-order chi connectivity index (χ0) is 18.7. The van der Waals surface area contributed by atoms with E-state index in [0.29, 0.717) is 16.8 Å². The van der Waals surface area contributed by atoms with Crippen molar-refractivity contribution < 1.29 is 14.4 Å². The van der Waals surface area contributed by atoms with Gasteiger partial charge in [-0.1, -0.05) is 31.6 Å². The van der Waals surface area contributed by atoms with Crippen LogP contribution in [0.5, 0.6) is 0 Å². The molecule has 0 atom stereocenters. The highest BCUT2D eigenvalue weighted by molar-refractivity contribution is 6.22. The zero-order valence-electron chi connectivity index (χ0n) is 14.6. The lowest BCUT2D eigenvalue weighted by molar-refractivity contribution is 0.0672. The van der Waals surface area contributed by atoms with Crippen molar-refractivity contribution >= 4 is 23.4 Å². The molecule has 1 aliphatic rings. The van der Waals surface area contributed by atoms with Crippen molar-refractivity contribution in [1.82, 2.24) is 4.90 Å². The highest BCUT2D eigenvalue weighted by Gasteiger charge is 2.35. The number of nitrogens with one attached hydrogen (secondary N) is 1. The quantitative estimate of drug-likeness (QED) is 0.640. The Morgan fingerprint density at radius 1 is 1.08 bits per heavy atom. The number of benzene rings is 2. The number of imide groups is 1. The van der Waals surface area contributed by atoms with Gasteiger partial charge >= 0.3 is 0 Å². The van der Waals surface area contributed by atoms with Crippen LogP contribution in [0, 0.1) is 0 Å². The number of aryl methyl sites for hydroxylation is 1. The van der Waals surface area contributed by atoms with Gasteiger partial charge in [-0.15, -0.1) is 6.58 Å². The fraction of sp³-hybridized carbons (Fsp3) is 0.190. The maximum atomic E-state index is 12.5. The third kappa shape index (κ3) is 3.28. The summed E-state index contributed by atoms with van der Waals surface area (Å²) in [6.45, 7) is 5.82. The van der Waals surface area contributed by atoms with E-state index >= 15 is 0 Å². The van der Waals surface area contributed by atoms with E-state index in [1.807, 2.05) is 24.3 Å². The van der Waals surface area contributed by atoms with Crippen molar-refractivity contribution in [1.29, 1.82) is 0 Å². The van der Waals surface area contributed by atoms with Crippen LogP contribution < -0.4 is 5.32 Å². The molecule has 0 radical (unpaired) electrons. The summed E-state index contributed by atoms with van der Waals surface area (Å²) in [5.41, 5.74) is 2.81. The Kier molecular flexibility index (Phi) is 4.98. The first-order valence-corrected chi connectivity index (χ1v) is 8.56. The largest absolute Gasteiger partial charge is 0.322 e. The fourth-order valence-electron chi connectivity index (χ4n) is 2.97. The summed E-state index contributed by atoms with van der Waals surface area (Å²) in [6, 6.07) is 12.2. The van der Waals surface area contributed by atoms with Gasteiger partial charge in [-0.3, -0.25) is 19.3 Å². The van der Waals surface area contributed by atoms with Crippen molar-refractivity contribution in [3.05, 3.63) is 77.4 Å². The maximum absolute atomic E-state index is 12.5. The average Bonchev–Trinajstić information content (AvgIpc) is 2.88. The van der Waals surface area contributed by atoms with Gasteiger partial charge in [0.2, 0.25) is 0 Å². The second-order valence-corrected chi connectivity index (χ2v) is 6.17. The van der Waals surface area contributed by atoms with E-state index in [0.717, 1.165) is 17.7 Å². The molecule has 1 aliphatic heterocycles. The molecule has 0 spiro atoms. The number of anilines is 1. The molecule has 2 aromatic carbocycles. The Balaban J connectivity index is 1.79. The van der Waals surface area contributed by atoms with Gasteiger partial charge in [0.05, 0.1) is 11.1 Å². The van der Waals surface area contributed by atoms with Gasteiger partial charge in [-0.2, -0.15) is 0 Å². The van der Waals surface area contributed by atoms with Crippen molar-refractivity contribution in [2.75, 3.05) is 11.9 Å². The standard InChI is InChI=1S/C21H20N2O3/c1-3-5-14-6-9-16(10-7-14)22-19(24)15-8-11-17-18(13-15)21(26)23(12-4-2)20(17)25/h4,6-11,13H,2-3,5,12H2,1H3,(H,22,24). The van der Waals surface area contributed by atoms with Crippen LogP contribution in [0.3, 0.4) is 0 Å². The Morgan fingerprint density at radius 2 is 1.77 bits per heavy atom. The van der Waals surface area contributed by atoms with Crippen LogP contribution in [0.1, 0.15) is 50.0 Å². The maximum Gasteiger partial charge on any atom is 0.261 e. The Labute approximate surface area is 152 Å². The van der Waals surface area contributed by atoms with E-state index in [1.54, 1.807) is 6.07 Å². The van der Waals surface area contributed by atoms with E-state index in [-0.39, 0.29) is 23.9 Å². The number of carbonyl (C=O) groups is 3. The van der Waals surface area contributed by atoms with Gasteiger partial charge in [0.1, 0.15) is 0 Å². The number of amides is 3. The molecule has 1 heterocycles. The second kappa shape index (κ2) is 7.35. The molecule has 3 rings (SSSR count). The number of nitrogens with zero attached hydrogens (tertiary/aromatic N) is 1. The van der Waals surface area contributed by atoms with Crippen molar-refractivity contribution in [3.8, 4) is 0 Å². The van der Waals surface area contributed by atoms with Gasteiger partial charge in [0, 0.05) is 17.8 Å². The number of fused-ring (bicyclic) bond motifs is 1. The van der Waals surface area contributed by atoms with Gasteiger partial charge in [0.15, 0.2) is 0 Å². The summed E-state index contributed by atoms with van der Waals surface area (Å²) in [6.07, 6.45) is 3.56. The third-order valence-corrected chi connectivity index (χ3v) is 4.30. The number of hydrogen-bond acceptors (Lipinski definition) is 3. The summed E-state index contributed by atoms with van der Waals surface area (Å²) >= 11 is 0. The molecule has 2 aromatic rings. The Bertz CT molecular complexity index is 885. The molecule has 132 valence electrons. The predicted octanol–water partition coefficient (Wildman–Crippen LogP) is 3.67. The molecule has 0 bridgehead atoms. The smallest absolute Gasteiger partial charge is 0.261 e. The van der Waals surface area contributed by atoms with E-state index in [4.69, 9.17) is 0 Å². The molecule has 0 fully saturated rings. The minimum atomic E-state index is -0.400. The first kappa shape index (κ1) is 17.6. The monoisotopic (exact) mass is 348 g/mol. The molecule has 1 N–H and O–H groups in total. The molecule has 0 unspecified atom stereocenters. The van der Waals surface area contributed by atoms with Crippen LogP contribution in [0.4, 0.5) is 5.69 Å². The SMILES string of the molecule is C=CCN1C(=O)c2ccc(C(=O)Nc3ccc(CCC)cc3)cc2C1=O. The Hall–Kier alpha value is -3.21. The Morgan fingerprint density at radius 3 is 2.42 bits per heavy atom. The van der Waals surface area contributed by atoms with Crippen LogP contribution >= 0.6 is 0 Å². The fourth-order valence-corrected chi connectivity index (χ4v) is 2.97. The van der Waals surface area contributed by atoms with Gasteiger partial charge in [0.25, 0.3) is 17.7 Å². The van der Waals surface area contributed by atoms with Crippen molar-refractivity contribution in [2.24, 2.45) is 0 Å². The summed E-state index contributed by atoms with van der Waals surface area (Å²) in [4.78, 5) is 38.2. The molecule has 26 heavy (non-hydrogen) atoms. The molecule has 5 nitrogen and oxygen atoms in total. The number of rotatable bonds is 6. The van der Waals surface area contributed by atoms with Crippen LogP contribution in [0.25, 0.3) is 0 Å². The molecule has 0 aliphatic carbocycles. The molecular formula is C21H20N2O3. The highest BCUT2D eigenvalue weighted by Crippen LogP contribution is 2.24. The average molecular weight is 348 g/mol. The molecule has 0 saturated heterocycles. The van der Waals surface area contributed by atoms with E-state index < -0.39 is 5.91 Å². The summed E-state index contributed by atoms with van der Waals surface area (Å²) < 4.78 is 0. The second-order valence-electron chi connectivity index (χ2n) is 6.17. The highest BCUT2D eigenvalue weighted by atomic mass is 16.2. The molecular weight excluding hydrogens is 328 g/mol. The van der Waals surface area contributed by atoms with Crippen LogP contribution in [-0.2, 0) is 6.42 Å². The lowest BCUT2D eigenvalue weighted by atomic mass is 10.0. The summed E-state index contributed by atoms with van der Waals surface area (Å²) in [5, 5.41) is 2.82. The van der Waals surface area contributed by atoms with E-state index in [1.165, 1.54) is 23.8 Å². The van der Waals surface area contributed by atoms with Gasteiger partial charge in [-0.25, -0.2) is 0 Å². The normalized spacial score (nSPS) is 12.9. The predicted molar refractivity (Wildman–Crippen MR) is 100 cm³/mol. The van der Waals surface area contributed by atoms with Gasteiger partial charge < -0.3 is 5.32 Å². The van der Waals surface area contributed by atoms with Crippen molar-refractivity contribution in [3.63, 3.8) is 0 Å². The van der Waals surface area contributed by atoms with Crippen LogP contribution in [0.15, 0.2) is 55.1 Å². The minimum Gasteiger partial charge on any atom is -0.322 e. The minimum absolute atomic E-state index is 0.151. The molecule has 0 aromatic heterocycles. The van der Waals surface area contributed by atoms with Crippen molar-refractivity contribution in [2.45, 2.75) is 19.8 Å². The number of carbonyl (C=O) groups excluding carboxylic acids is 3. The van der Waals surface area contributed by atoms with E-state index in [2.05, 4.69) is 18.8 Å². The first-order valence-electron chi connectivity index (χ1n) is 8.56. The number of hydrogen-bond donors (Lipinski definition) is 1. The molecule has 3 amide bonds. The zero-order valence-corrected chi connectivity index (χ0v) is 14.6.